The summed E-state index contributed by atoms with van der Waals surface area (Å²) in [5.74, 6) is 0. The molecule has 2 aromatic heterocycles. The van der Waals surface area contributed by atoms with Crippen molar-refractivity contribution in [1.82, 2.24) is 15.0 Å². The first kappa shape index (κ1) is 10.6. The highest BCUT2D eigenvalue weighted by Gasteiger charge is 2.06. The molecule has 0 atom stereocenters. The zero-order chi connectivity index (χ0) is 10.8. The summed E-state index contributed by atoms with van der Waals surface area (Å²) in [6.07, 6.45) is 3.57. The molecule has 1 N–H and O–H groups in total. The van der Waals surface area contributed by atoms with E-state index in [0.717, 1.165) is 5.39 Å². The smallest absolute Gasteiger partial charge is 0.187 e. The summed E-state index contributed by atoms with van der Waals surface area (Å²) in [5, 5.41) is 10.7. The Morgan fingerprint density at radius 3 is 2.93 bits per heavy atom. The lowest BCUT2D eigenvalue weighted by Gasteiger charge is -2.03. The van der Waals surface area contributed by atoms with E-state index in [1.165, 1.54) is 11.8 Å². The number of rotatable bonds is 2. The Morgan fingerprint density at radius 1 is 1.47 bits per heavy atom. The Hall–Kier alpha value is -0.910. The number of hydrogen-bond donors (Lipinski definition) is 1. The fourth-order valence-corrected chi connectivity index (χ4v) is 1.82. The van der Waals surface area contributed by atoms with Gasteiger partial charge in [-0.1, -0.05) is 23.4 Å². The van der Waals surface area contributed by atoms with Crippen molar-refractivity contribution in [1.29, 1.82) is 0 Å². The molecule has 0 fully saturated rings. The van der Waals surface area contributed by atoms with Crippen molar-refractivity contribution in [2.45, 2.75) is 11.8 Å². The summed E-state index contributed by atoms with van der Waals surface area (Å²) in [4.78, 5) is 12.4. The van der Waals surface area contributed by atoms with Gasteiger partial charge in [0.15, 0.2) is 10.3 Å². The number of halogens is 1. The lowest BCUT2D eigenvalue weighted by atomic mass is 10.2. The van der Waals surface area contributed by atoms with Crippen LogP contribution in [0.3, 0.4) is 0 Å². The SMILES string of the molecule is CSc1ncc2cc(CO)nc(Cl)c2n1. The molecule has 0 aromatic carbocycles. The van der Waals surface area contributed by atoms with E-state index < -0.39 is 0 Å². The van der Waals surface area contributed by atoms with E-state index >= 15 is 0 Å². The predicted molar refractivity (Wildman–Crippen MR) is 60.0 cm³/mol. The number of aliphatic hydroxyl groups excluding tert-OH is 1. The van der Waals surface area contributed by atoms with Gasteiger partial charge in [0.1, 0.15) is 5.52 Å². The van der Waals surface area contributed by atoms with Gasteiger partial charge in [-0.05, 0) is 12.3 Å². The van der Waals surface area contributed by atoms with Gasteiger partial charge < -0.3 is 5.11 Å². The van der Waals surface area contributed by atoms with Crippen LogP contribution in [0.2, 0.25) is 5.15 Å². The molecule has 0 aliphatic carbocycles. The van der Waals surface area contributed by atoms with Crippen LogP contribution in [0.5, 0.6) is 0 Å². The number of thioether (sulfide) groups is 1. The number of fused-ring (bicyclic) bond motifs is 1. The van der Waals surface area contributed by atoms with Gasteiger partial charge in [0.05, 0.1) is 12.3 Å². The highest BCUT2D eigenvalue weighted by molar-refractivity contribution is 7.98. The summed E-state index contributed by atoms with van der Waals surface area (Å²) in [6.45, 7) is -0.139. The van der Waals surface area contributed by atoms with Gasteiger partial charge in [-0.3, -0.25) is 0 Å². The molecule has 0 spiro atoms. The summed E-state index contributed by atoms with van der Waals surface area (Å²) in [5.41, 5.74) is 1.14. The van der Waals surface area contributed by atoms with E-state index in [2.05, 4.69) is 15.0 Å². The maximum Gasteiger partial charge on any atom is 0.187 e. The lowest BCUT2D eigenvalue weighted by molar-refractivity contribution is 0.277. The Morgan fingerprint density at radius 2 is 2.27 bits per heavy atom. The summed E-state index contributed by atoms with van der Waals surface area (Å²) in [7, 11) is 0. The second-order valence-corrected chi connectivity index (χ2v) is 3.99. The van der Waals surface area contributed by atoms with Crippen molar-refractivity contribution in [3.05, 3.63) is 23.1 Å². The molecule has 2 aromatic rings. The Labute approximate surface area is 95.7 Å². The fourth-order valence-electron chi connectivity index (χ4n) is 1.22. The number of hydrogen-bond acceptors (Lipinski definition) is 5. The third-order valence-corrected chi connectivity index (χ3v) is 2.72. The van der Waals surface area contributed by atoms with E-state index in [9.17, 15) is 0 Å². The minimum atomic E-state index is -0.139. The quantitative estimate of drug-likeness (QED) is 0.494. The number of pyridine rings is 1. The highest BCUT2D eigenvalue weighted by atomic mass is 35.5. The molecule has 78 valence electrons. The molecule has 0 bridgehead atoms. The highest BCUT2D eigenvalue weighted by Crippen LogP contribution is 2.22. The minimum Gasteiger partial charge on any atom is -0.390 e. The average Bonchev–Trinajstić information content (AvgIpc) is 2.28. The molecule has 0 amide bonds. The number of nitrogens with zero attached hydrogens (tertiary/aromatic N) is 3. The van der Waals surface area contributed by atoms with Crippen LogP contribution >= 0.6 is 23.4 Å². The van der Waals surface area contributed by atoms with Gasteiger partial charge in [-0.25, -0.2) is 15.0 Å². The summed E-state index contributed by atoms with van der Waals surface area (Å²) in [6, 6.07) is 1.73. The van der Waals surface area contributed by atoms with Crippen molar-refractivity contribution in [3.63, 3.8) is 0 Å². The van der Waals surface area contributed by atoms with Crippen molar-refractivity contribution in [2.24, 2.45) is 0 Å². The van der Waals surface area contributed by atoms with Gasteiger partial charge >= 0.3 is 0 Å². The van der Waals surface area contributed by atoms with Crippen LogP contribution in [0.15, 0.2) is 17.4 Å². The first-order valence-corrected chi connectivity index (χ1v) is 5.82. The topological polar surface area (TPSA) is 58.9 Å². The normalized spacial score (nSPS) is 10.9. The molecule has 6 heteroatoms. The largest absolute Gasteiger partial charge is 0.390 e. The first-order valence-electron chi connectivity index (χ1n) is 4.21. The Kier molecular flexibility index (Phi) is 3.04. The van der Waals surface area contributed by atoms with Crippen molar-refractivity contribution < 1.29 is 5.11 Å². The van der Waals surface area contributed by atoms with E-state index in [1.807, 2.05) is 6.26 Å². The zero-order valence-corrected chi connectivity index (χ0v) is 9.51. The van der Waals surface area contributed by atoms with Crippen LogP contribution in [0.1, 0.15) is 5.69 Å². The molecule has 0 radical (unpaired) electrons. The standard InChI is InChI=1S/C9H8ClN3OS/c1-15-9-11-3-5-2-6(4-14)12-8(10)7(5)13-9/h2-3,14H,4H2,1H3. The maximum absolute atomic E-state index is 8.96. The van der Waals surface area contributed by atoms with Crippen molar-refractivity contribution in [3.8, 4) is 0 Å². The Bertz CT molecular complexity index is 506. The first-order chi connectivity index (χ1) is 7.24. The molecule has 15 heavy (non-hydrogen) atoms. The van der Waals surface area contributed by atoms with Gasteiger partial charge in [-0.2, -0.15) is 0 Å². The van der Waals surface area contributed by atoms with Gasteiger partial charge in [-0.15, -0.1) is 0 Å². The van der Waals surface area contributed by atoms with Crippen molar-refractivity contribution >= 4 is 34.3 Å². The molecule has 0 aliphatic rings. The second-order valence-electron chi connectivity index (χ2n) is 2.86. The molecule has 2 rings (SSSR count). The molecule has 0 saturated heterocycles. The molecule has 0 unspecified atom stereocenters. The van der Waals surface area contributed by atoms with Crippen LogP contribution in [0.25, 0.3) is 10.9 Å². The molecule has 0 saturated carbocycles. The van der Waals surface area contributed by atoms with E-state index in [-0.39, 0.29) is 6.61 Å². The summed E-state index contributed by atoms with van der Waals surface area (Å²) < 4.78 is 0. The molecule has 2 heterocycles. The van der Waals surface area contributed by atoms with Crippen LogP contribution in [-0.4, -0.2) is 26.3 Å². The Balaban J connectivity index is 2.68. The molecule has 4 nitrogen and oxygen atoms in total. The van der Waals surface area contributed by atoms with Crippen LogP contribution in [0.4, 0.5) is 0 Å². The van der Waals surface area contributed by atoms with Gasteiger partial charge in [0.25, 0.3) is 0 Å². The third kappa shape index (κ3) is 2.04. The second kappa shape index (κ2) is 4.30. The molecular weight excluding hydrogens is 234 g/mol. The fraction of sp³-hybridized carbons (Fsp3) is 0.222. The van der Waals surface area contributed by atoms with E-state index in [4.69, 9.17) is 16.7 Å². The van der Waals surface area contributed by atoms with Crippen LogP contribution in [0, 0.1) is 0 Å². The summed E-state index contributed by atoms with van der Waals surface area (Å²) >= 11 is 7.39. The predicted octanol–water partition coefficient (Wildman–Crippen LogP) is 1.89. The third-order valence-electron chi connectivity index (χ3n) is 1.90. The lowest BCUT2D eigenvalue weighted by Crippen LogP contribution is -1.94. The minimum absolute atomic E-state index is 0.139. The monoisotopic (exact) mass is 241 g/mol. The van der Waals surface area contributed by atoms with E-state index in [1.54, 1.807) is 12.3 Å². The van der Waals surface area contributed by atoms with Crippen LogP contribution in [-0.2, 0) is 6.61 Å². The van der Waals surface area contributed by atoms with Gasteiger partial charge in [0, 0.05) is 11.6 Å². The van der Waals surface area contributed by atoms with Crippen molar-refractivity contribution in [2.75, 3.05) is 6.26 Å². The average molecular weight is 242 g/mol. The number of aromatic nitrogens is 3. The molecular formula is C9H8ClN3OS. The van der Waals surface area contributed by atoms with E-state index in [0.29, 0.717) is 21.5 Å². The number of aliphatic hydroxyl groups is 1. The maximum atomic E-state index is 8.96. The van der Waals surface area contributed by atoms with Gasteiger partial charge in [0.2, 0.25) is 0 Å². The zero-order valence-electron chi connectivity index (χ0n) is 7.94. The van der Waals surface area contributed by atoms with Crippen LogP contribution < -0.4 is 0 Å². The molecule has 0 aliphatic heterocycles.